The van der Waals surface area contributed by atoms with Gasteiger partial charge >= 0.3 is 5.97 Å². The SMILES string of the molecule is COc1cccc(OC(=O)c2cccc(C(=O)C#Cc3cccc(C(N)=O)c3)c2)c1. The van der Waals surface area contributed by atoms with E-state index in [9.17, 15) is 14.4 Å². The van der Waals surface area contributed by atoms with Gasteiger partial charge in [0.25, 0.3) is 0 Å². The summed E-state index contributed by atoms with van der Waals surface area (Å²) >= 11 is 0. The molecule has 0 radical (unpaired) electrons. The number of ether oxygens (including phenoxy) is 2. The molecule has 3 aromatic carbocycles. The summed E-state index contributed by atoms with van der Waals surface area (Å²) in [5.74, 6) is 4.42. The van der Waals surface area contributed by atoms with Gasteiger partial charge in [0.05, 0.1) is 12.7 Å². The molecule has 148 valence electrons. The van der Waals surface area contributed by atoms with Crippen molar-refractivity contribution in [2.45, 2.75) is 0 Å². The van der Waals surface area contributed by atoms with E-state index in [0.29, 0.717) is 22.6 Å². The predicted octanol–water partition coefficient (Wildman–Crippen LogP) is 3.25. The molecule has 3 aromatic rings. The molecule has 1 amide bonds. The fourth-order valence-electron chi connectivity index (χ4n) is 2.57. The highest BCUT2D eigenvalue weighted by molar-refractivity contribution is 6.10. The van der Waals surface area contributed by atoms with E-state index in [1.54, 1.807) is 60.7 Å². The molecular weight excluding hydrogens is 382 g/mol. The van der Waals surface area contributed by atoms with Crippen LogP contribution in [0.2, 0.25) is 0 Å². The number of benzene rings is 3. The second kappa shape index (κ2) is 9.22. The van der Waals surface area contributed by atoms with Crippen molar-refractivity contribution in [2.24, 2.45) is 5.73 Å². The minimum Gasteiger partial charge on any atom is -0.497 e. The first-order valence-corrected chi connectivity index (χ1v) is 8.89. The highest BCUT2D eigenvalue weighted by atomic mass is 16.5. The summed E-state index contributed by atoms with van der Waals surface area (Å²) < 4.78 is 10.4. The Kier molecular flexibility index (Phi) is 6.26. The lowest BCUT2D eigenvalue weighted by molar-refractivity contribution is 0.0734. The number of hydrogen-bond donors (Lipinski definition) is 1. The van der Waals surface area contributed by atoms with Crippen molar-refractivity contribution in [3.8, 4) is 23.3 Å². The fourth-order valence-corrected chi connectivity index (χ4v) is 2.57. The molecule has 0 unspecified atom stereocenters. The Morgan fingerprint density at radius 2 is 1.47 bits per heavy atom. The van der Waals surface area contributed by atoms with Crippen LogP contribution in [0, 0.1) is 11.8 Å². The number of hydrogen-bond acceptors (Lipinski definition) is 5. The summed E-state index contributed by atoms with van der Waals surface area (Å²) in [4.78, 5) is 36.1. The minimum absolute atomic E-state index is 0.209. The van der Waals surface area contributed by atoms with E-state index >= 15 is 0 Å². The van der Waals surface area contributed by atoms with Gasteiger partial charge in [-0.1, -0.05) is 30.2 Å². The second-order valence-corrected chi connectivity index (χ2v) is 6.17. The van der Waals surface area contributed by atoms with Crippen molar-refractivity contribution in [3.05, 3.63) is 95.1 Å². The fraction of sp³-hybridized carbons (Fsp3) is 0.0417. The van der Waals surface area contributed by atoms with Crippen molar-refractivity contribution >= 4 is 17.7 Å². The van der Waals surface area contributed by atoms with Crippen molar-refractivity contribution in [2.75, 3.05) is 7.11 Å². The van der Waals surface area contributed by atoms with E-state index in [2.05, 4.69) is 11.8 Å². The van der Waals surface area contributed by atoms with Crippen LogP contribution in [0.15, 0.2) is 72.8 Å². The summed E-state index contributed by atoms with van der Waals surface area (Å²) in [5.41, 5.74) is 6.48. The van der Waals surface area contributed by atoms with Crippen molar-refractivity contribution in [3.63, 3.8) is 0 Å². The first kappa shape index (κ1) is 20.4. The van der Waals surface area contributed by atoms with Crippen molar-refractivity contribution in [1.82, 2.24) is 0 Å². The van der Waals surface area contributed by atoms with E-state index in [0.717, 1.165) is 0 Å². The average Bonchev–Trinajstić information content (AvgIpc) is 2.77. The third-order valence-corrected chi connectivity index (χ3v) is 4.08. The highest BCUT2D eigenvalue weighted by Gasteiger charge is 2.12. The number of Topliss-reactive ketones (excluding diaryl/α,β-unsaturated/α-hetero) is 1. The Morgan fingerprint density at radius 3 is 2.23 bits per heavy atom. The summed E-state index contributed by atoms with van der Waals surface area (Å²) in [6.07, 6.45) is 0. The molecule has 0 fully saturated rings. The van der Waals surface area contributed by atoms with E-state index in [4.69, 9.17) is 15.2 Å². The maximum atomic E-state index is 12.4. The zero-order valence-corrected chi connectivity index (χ0v) is 16.0. The molecule has 6 heteroatoms. The molecule has 0 aliphatic carbocycles. The van der Waals surface area contributed by atoms with Crippen LogP contribution in [0.5, 0.6) is 11.5 Å². The second-order valence-electron chi connectivity index (χ2n) is 6.17. The van der Waals surface area contributed by atoms with Crippen LogP contribution < -0.4 is 15.2 Å². The van der Waals surface area contributed by atoms with Gasteiger partial charge in [0.2, 0.25) is 11.7 Å². The van der Waals surface area contributed by atoms with E-state index in [1.165, 1.54) is 19.2 Å². The first-order chi connectivity index (χ1) is 14.5. The van der Waals surface area contributed by atoms with Crippen LogP contribution in [0.25, 0.3) is 0 Å². The van der Waals surface area contributed by atoms with Crippen molar-refractivity contribution in [1.29, 1.82) is 0 Å². The van der Waals surface area contributed by atoms with Gasteiger partial charge in [-0.05, 0) is 48.4 Å². The zero-order valence-electron chi connectivity index (χ0n) is 16.0. The normalized spacial score (nSPS) is 9.77. The molecule has 0 saturated carbocycles. The summed E-state index contributed by atoms with van der Waals surface area (Å²) in [6.45, 7) is 0. The number of ketones is 1. The van der Waals surface area contributed by atoms with Crippen LogP contribution in [-0.4, -0.2) is 24.8 Å². The van der Waals surface area contributed by atoms with Crippen molar-refractivity contribution < 1.29 is 23.9 Å². The van der Waals surface area contributed by atoms with Crippen LogP contribution >= 0.6 is 0 Å². The Bertz CT molecular complexity index is 1190. The van der Waals surface area contributed by atoms with Gasteiger partial charge in [-0.2, -0.15) is 0 Å². The number of nitrogens with two attached hydrogens (primary N) is 1. The van der Waals surface area contributed by atoms with Crippen LogP contribution in [0.4, 0.5) is 0 Å². The van der Waals surface area contributed by atoms with Gasteiger partial charge in [0, 0.05) is 22.8 Å². The molecule has 0 atom stereocenters. The third-order valence-electron chi connectivity index (χ3n) is 4.08. The van der Waals surface area contributed by atoms with Gasteiger partial charge in [0.1, 0.15) is 11.5 Å². The molecule has 30 heavy (non-hydrogen) atoms. The minimum atomic E-state index is -0.611. The van der Waals surface area contributed by atoms with E-state index in [-0.39, 0.29) is 11.1 Å². The monoisotopic (exact) mass is 399 g/mol. The zero-order chi connectivity index (χ0) is 21.5. The first-order valence-electron chi connectivity index (χ1n) is 8.89. The maximum absolute atomic E-state index is 12.4. The van der Waals surface area contributed by atoms with E-state index in [1.807, 2.05) is 0 Å². The lowest BCUT2D eigenvalue weighted by atomic mass is 10.1. The molecule has 0 aromatic heterocycles. The Morgan fingerprint density at radius 1 is 0.800 bits per heavy atom. The third kappa shape index (κ3) is 5.12. The molecule has 0 spiro atoms. The summed E-state index contributed by atoms with van der Waals surface area (Å²) in [6, 6.07) is 19.1. The van der Waals surface area contributed by atoms with Gasteiger partial charge < -0.3 is 15.2 Å². The quantitative estimate of drug-likeness (QED) is 0.308. The Hall–Kier alpha value is -4.37. The van der Waals surface area contributed by atoms with Gasteiger partial charge in [-0.25, -0.2) is 4.79 Å². The number of esters is 1. The number of methoxy groups -OCH3 is 1. The molecule has 0 heterocycles. The molecular formula is C24H17NO5. The smallest absolute Gasteiger partial charge is 0.343 e. The number of primary amides is 1. The lowest BCUT2D eigenvalue weighted by Crippen LogP contribution is -2.10. The molecule has 2 N–H and O–H groups in total. The summed E-state index contributed by atoms with van der Waals surface area (Å²) in [7, 11) is 1.52. The number of carbonyl (C=O) groups is 3. The Balaban J connectivity index is 1.76. The molecule has 0 aliphatic heterocycles. The predicted molar refractivity (Wildman–Crippen MR) is 111 cm³/mol. The average molecular weight is 399 g/mol. The number of carbonyl (C=O) groups excluding carboxylic acids is 3. The standard InChI is InChI=1S/C24H17NO5/c1-29-20-9-4-10-21(15-20)30-24(28)19-8-3-6-17(14-19)22(26)12-11-16-5-2-7-18(13-16)23(25)27/h2-10,13-15H,1H3,(H2,25,27). The molecule has 0 bridgehead atoms. The van der Waals surface area contributed by atoms with Gasteiger partial charge in [-0.3, -0.25) is 9.59 Å². The van der Waals surface area contributed by atoms with E-state index < -0.39 is 17.7 Å². The molecule has 6 nitrogen and oxygen atoms in total. The molecule has 0 aliphatic rings. The van der Waals surface area contributed by atoms with Gasteiger partial charge in [0.15, 0.2) is 0 Å². The molecule has 0 saturated heterocycles. The maximum Gasteiger partial charge on any atom is 0.343 e. The highest BCUT2D eigenvalue weighted by Crippen LogP contribution is 2.20. The number of rotatable bonds is 5. The largest absolute Gasteiger partial charge is 0.497 e. The van der Waals surface area contributed by atoms with Crippen LogP contribution in [0.1, 0.15) is 36.6 Å². The topological polar surface area (TPSA) is 95.7 Å². The van der Waals surface area contributed by atoms with Crippen LogP contribution in [-0.2, 0) is 0 Å². The van der Waals surface area contributed by atoms with Gasteiger partial charge in [-0.15, -0.1) is 0 Å². The molecule has 3 rings (SSSR count). The lowest BCUT2D eigenvalue weighted by Gasteiger charge is -2.06. The Labute approximate surface area is 173 Å². The summed E-state index contributed by atoms with van der Waals surface area (Å²) in [5, 5.41) is 0. The number of amides is 1. The van der Waals surface area contributed by atoms with Crippen LogP contribution in [0.3, 0.4) is 0 Å².